The van der Waals surface area contributed by atoms with Gasteiger partial charge in [-0.25, -0.2) is 8.78 Å². The number of benzene rings is 2. The number of hydrogen-bond donors (Lipinski definition) is 1. The van der Waals surface area contributed by atoms with E-state index < -0.39 is 11.7 Å². The predicted molar refractivity (Wildman–Crippen MR) is 92.3 cm³/mol. The summed E-state index contributed by atoms with van der Waals surface area (Å²) in [5, 5.41) is 2.80. The van der Waals surface area contributed by atoms with Crippen molar-refractivity contribution in [3.8, 4) is 0 Å². The number of halogens is 2. The van der Waals surface area contributed by atoms with Gasteiger partial charge in [0.1, 0.15) is 11.6 Å². The molecule has 4 rings (SSSR count). The Kier molecular flexibility index (Phi) is 4.15. The standard InChI is InChI=1S/C21H17F2NO2/c22-14-7-5-12(6-8-14)13-9-18-21(19(25)10-13)16(11-20(26)24-18)15-3-1-2-4-17(15)23/h1-8,13,16H,9-11H2,(H,24,26). The fourth-order valence-corrected chi connectivity index (χ4v) is 3.95. The Hall–Kier alpha value is -2.82. The van der Waals surface area contributed by atoms with Gasteiger partial charge in [0.2, 0.25) is 5.91 Å². The van der Waals surface area contributed by atoms with Gasteiger partial charge in [0, 0.05) is 30.0 Å². The van der Waals surface area contributed by atoms with Crippen molar-refractivity contribution in [2.45, 2.75) is 31.1 Å². The quantitative estimate of drug-likeness (QED) is 0.888. The van der Waals surface area contributed by atoms with Crippen molar-refractivity contribution in [1.82, 2.24) is 5.32 Å². The van der Waals surface area contributed by atoms with E-state index in [9.17, 15) is 18.4 Å². The van der Waals surface area contributed by atoms with Crippen LogP contribution in [0.15, 0.2) is 59.8 Å². The summed E-state index contributed by atoms with van der Waals surface area (Å²) >= 11 is 0. The molecule has 1 heterocycles. The van der Waals surface area contributed by atoms with Crippen molar-refractivity contribution < 1.29 is 18.4 Å². The van der Waals surface area contributed by atoms with Crippen LogP contribution in [0.25, 0.3) is 0 Å². The van der Waals surface area contributed by atoms with Gasteiger partial charge in [-0.05, 0) is 41.7 Å². The van der Waals surface area contributed by atoms with Gasteiger partial charge in [0.15, 0.2) is 5.78 Å². The number of allylic oxidation sites excluding steroid dienone is 2. The summed E-state index contributed by atoms with van der Waals surface area (Å²) in [6.07, 6.45) is 0.807. The van der Waals surface area contributed by atoms with Crippen molar-refractivity contribution >= 4 is 11.7 Å². The molecule has 0 bridgehead atoms. The lowest BCUT2D eigenvalue weighted by Gasteiger charge is -2.34. The number of rotatable bonds is 2. The van der Waals surface area contributed by atoms with E-state index in [-0.39, 0.29) is 36.3 Å². The molecule has 0 spiro atoms. The van der Waals surface area contributed by atoms with E-state index in [0.29, 0.717) is 23.3 Å². The van der Waals surface area contributed by atoms with E-state index in [1.54, 1.807) is 30.3 Å². The van der Waals surface area contributed by atoms with Gasteiger partial charge < -0.3 is 5.32 Å². The molecule has 2 aromatic carbocycles. The van der Waals surface area contributed by atoms with E-state index in [2.05, 4.69) is 5.32 Å². The van der Waals surface area contributed by atoms with Gasteiger partial charge in [-0.3, -0.25) is 9.59 Å². The van der Waals surface area contributed by atoms with Crippen LogP contribution >= 0.6 is 0 Å². The molecule has 0 saturated carbocycles. The highest BCUT2D eigenvalue weighted by Gasteiger charge is 2.38. The number of carbonyl (C=O) groups excluding carboxylic acids is 2. The van der Waals surface area contributed by atoms with E-state index in [0.717, 1.165) is 5.56 Å². The third-order valence-corrected chi connectivity index (χ3v) is 5.16. The van der Waals surface area contributed by atoms with Crippen molar-refractivity contribution in [2.24, 2.45) is 0 Å². The van der Waals surface area contributed by atoms with Crippen LogP contribution < -0.4 is 5.32 Å². The van der Waals surface area contributed by atoms with Crippen LogP contribution in [0.3, 0.4) is 0 Å². The van der Waals surface area contributed by atoms with Gasteiger partial charge in [-0.15, -0.1) is 0 Å². The topological polar surface area (TPSA) is 46.2 Å². The maximum atomic E-state index is 14.3. The maximum Gasteiger partial charge on any atom is 0.225 e. The van der Waals surface area contributed by atoms with Crippen LogP contribution in [0.4, 0.5) is 8.78 Å². The Labute approximate surface area is 149 Å². The molecule has 26 heavy (non-hydrogen) atoms. The van der Waals surface area contributed by atoms with Gasteiger partial charge in [-0.1, -0.05) is 30.3 Å². The number of ketones is 1. The van der Waals surface area contributed by atoms with Gasteiger partial charge in [-0.2, -0.15) is 0 Å². The van der Waals surface area contributed by atoms with Crippen LogP contribution in [0, 0.1) is 11.6 Å². The van der Waals surface area contributed by atoms with Crippen molar-refractivity contribution in [3.05, 3.63) is 82.6 Å². The zero-order valence-electron chi connectivity index (χ0n) is 14.0. The Morgan fingerprint density at radius 3 is 2.35 bits per heavy atom. The van der Waals surface area contributed by atoms with Crippen molar-refractivity contribution in [3.63, 3.8) is 0 Å². The summed E-state index contributed by atoms with van der Waals surface area (Å²) in [5.74, 6) is -1.73. The predicted octanol–water partition coefficient (Wildman–Crippen LogP) is 3.97. The molecular weight excluding hydrogens is 336 g/mol. The van der Waals surface area contributed by atoms with E-state index in [1.165, 1.54) is 18.2 Å². The average Bonchev–Trinajstić information content (AvgIpc) is 2.61. The smallest absolute Gasteiger partial charge is 0.225 e. The molecule has 1 amide bonds. The molecule has 1 aliphatic carbocycles. The average molecular weight is 353 g/mol. The molecule has 0 fully saturated rings. The van der Waals surface area contributed by atoms with Crippen LogP contribution in [0.1, 0.15) is 42.2 Å². The Bertz CT molecular complexity index is 918. The molecule has 132 valence electrons. The molecule has 2 aliphatic rings. The number of carbonyl (C=O) groups is 2. The lowest BCUT2D eigenvalue weighted by atomic mass is 9.73. The first kappa shape index (κ1) is 16.6. The minimum atomic E-state index is -0.554. The van der Waals surface area contributed by atoms with Gasteiger partial charge >= 0.3 is 0 Å². The Morgan fingerprint density at radius 1 is 0.885 bits per heavy atom. The zero-order valence-corrected chi connectivity index (χ0v) is 14.0. The fraction of sp³-hybridized carbons (Fsp3) is 0.238. The van der Waals surface area contributed by atoms with Crippen LogP contribution in [0.2, 0.25) is 0 Å². The number of amides is 1. The Balaban J connectivity index is 1.73. The molecule has 2 unspecified atom stereocenters. The van der Waals surface area contributed by atoms with E-state index in [1.807, 2.05) is 0 Å². The molecule has 2 aromatic rings. The minimum Gasteiger partial charge on any atom is -0.329 e. The molecule has 0 aromatic heterocycles. The highest BCUT2D eigenvalue weighted by atomic mass is 19.1. The van der Waals surface area contributed by atoms with Gasteiger partial charge in [0.05, 0.1) is 0 Å². The summed E-state index contributed by atoms with van der Waals surface area (Å²) < 4.78 is 27.4. The van der Waals surface area contributed by atoms with E-state index >= 15 is 0 Å². The lowest BCUT2D eigenvalue weighted by Crippen LogP contribution is -2.38. The molecule has 2 atom stereocenters. The van der Waals surface area contributed by atoms with Crippen LogP contribution in [-0.4, -0.2) is 11.7 Å². The van der Waals surface area contributed by atoms with Crippen LogP contribution in [-0.2, 0) is 9.59 Å². The van der Waals surface area contributed by atoms with Gasteiger partial charge in [0.25, 0.3) is 0 Å². The summed E-state index contributed by atoms with van der Waals surface area (Å²) in [5.41, 5.74) is 2.31. The molecule has 1 aliphatic heterocycles. The SMILES string of the molecule is O=C1CC(c2ccccc2F)C2=C(CC(c3ccc(F)cc3)CC2=O)N1. The number of nitrogens with one attached hydrogen (secondary N) is 1. The summed E-state index contributed by atoms with van der Waals surface area (Å²) in [6.45, 7) is 0. The van der Waals surface area contributed by atoms with Crippen LogP contribution in [0.5, 0.6) is 0 Å². The highest BCUT2D eigenvalue weighted by molar-refractivity contribution is 6.02. The fourth-order valence-electron chi connectivity index (χ4n) is 3.95. The maximum absolute atomic E-state index is 14.3. The largest absolute Gasteiger partial charge is 0.329 e. The van der Waals surface area contributed by atoms with Crippen molar-refractivity contribution in [2.75, 3.05) is 0 Å². The van der Waals surface area contributed by atoms with E-state index in [4.69, 9.17) is 0 Å². The second-order valence-corrected chi connectivity index (χ2v) is 6.80. The second-order valence-electron chi connectivity index (χ2n) is 6.80. The third-order valence-electron chi connectivity index (χ3n) is 5.16. The minimum absolute atomic E-state index is 0.0622. The third kappa shape index (κ3) is 2.94. The normalized spacial score (nSPS) is 22.8. The molecule has 1 N–H and O–H groups in total. The first-order valence-corrected chi connectivity index (χ1v) is 8.59. The Morgan fingerprint density at radius 2 is 1.62 bits per heavy atom. The molecule has 3 nitrogen and oxygen atoms in total. The summed E-state index contributed by atoms with van der Waals surface area (Å²) in [4.78, 5) is 25.1. The second kappa shape index (κ2) is 6.48. The monoisotopic (exact) mass is 353 g/mol. The first-order chi connectivity index (χ1) is 12.5. The summed E-state index contributed by atoms with van der Waals surface area (Å²) in [7, 11) is 0. The number of Topliss-reactive ketones (excluding diaryl/α,β-unsaturated/α-hetero) is 1. The molecular formula is C21H17F2NO2. The highest BCUT2D eigenvalue weighted by Crippen LogP contribution is 2.42. The lowest BCUT2D eigenvalue weighted by molar-refractivity contribution is -0.122. The van der Waals surface area contributed by atoms with Crippen molar-refractivity contribution in [1.29, 1.82) is 0 Å². The summed E-state index contributed by atoms with van der Waals surface area (Å²) in [6, 6.07) is 12.3. The molecule has 0 saturated heterocycles. The zero-order chi connectivity index (χ0) is 18.3. The number of hydrogen-bond acceptors (Lipinski definition) is 2. The molecule has 0 radical (unpaired) electrons. The first-order valence-electron chi connectivity index (χ1n) is 8.59. The molecule has 5 heteroatoms.